The van der Waals surface area contributed by atoms with Crippen molar-refractivity contribution in [1.29, 1.82) is 0 Å². The van der Waals surface area contributed by atoms with E-state index in [-0.39, 0.29) is 0 Å². The van der Waals surface area contributed by atoms with Crippen LogP contribution in [0.2, 0.25) is 5.02 Å². The van der Waals surface area contributed by atoms with Crippen LogP contribution in [0.4, 0.5) is 0 Å². The second kappa shape index (κ2) is 8.53. The van der Waals surface area contributed by atoms with Crippen LogP contribution in [0, 0.1) is 0 Å². The summed E-state index contributed by atoms with van der Waals surface area (Å²) in [6.07, 6.45) is 0. The lowest BCUT2D eigenvalue weighted by atomic mass is 10.2. The fourth-order valence-electron chi connectivity index (χ4n) is 2.49. The molecular weight excluding hydrogens is 318 g/mol. The van der Waals surface area contributed by atoms with Gasteiger partial charge in [-0.15, -0.1) is 0 Å². The second-order valence-electron chi connectivity index (χ2n) is 5.66. The number of hydrogen-bond donors (Lipinski definition) is 1. The lowest BCUT2D eigenvalue weighted by Crippen LogP contribution is -2.12. The van der Waals surface area contributed by atoms with Gasteiger partial charge in [0.2, 0.25) is 0 Å². The maximum atomic E-state index is 6.00. The Morgan fingerprint density at radius 1 is 0.708 bits per heavy atom. The van der Waals surface area contributed by atoms with Gasteiger partial charge in [0, 0.05) is 18.1 Å². The molecule has 0 unspecified atom stereocenters. The Labute approximate surface area is 148 Å². The highest BCUT2D eigenvalue weighted by Gasteiger charge is 2.00. The molecule has 0 aliphatic rings. The number of ether oxygens (including phenoxy) is 1. The topological polar surface area (TPSA) is 21.3 Å². The molecule has 0 bridgehead atoms. The lowest BCUT2D eigenvalue weighted by Gasteiger charge is -2.09. The van der Waals surface area contributed by atoms with E-state index in [0.717, 1.165) is 29.4 Å². The van der Waals surface area contributed by atoms with Gasteiger partial charge in [0.15, 0.2) is 0 Å². The summed E-state index contributed by atoms with van der Waals surface area (Å²) in [6, 6.07) is 26.3. The van der Waals surface area contributed by atoms with Crippen molar-refractivity contribution >= 4 is 11.6 Å². The van der Waals surface area contributed by atoms with E-state index in [1.807, 2.05) is 42.5 Å². The van der Waals surface area contributed by atoms with Gasteiger partial charge < -0.3 is 10.1 Å². The summed E-state index contributed by atoms with van der Waals surface area (Å²) in [7, 11) is 0. The van der Waals surface area contributed by atoms with Crippen molar-refractivity contribution in [2.24, 2.45) is 0 Å². The number of hydrogen-bond acceptors (Lipinski definition) is 2. The minimum atomic E-state index is 0.515. The van der Waals surface area contributed by atoms with Gasteiger partial charge >= 0.3 is 0 Å². The number of nitrogens with one attached hydrogen (secondary N) is 1. The average molecular weight is 338 g/mol. The summed E-state index contributed by atoms with van der Waals surface area (Å²) < 4.78 is 5.87. The van der Waals surface area contributed by atoms with Crippen LogP contribution >= 0.6 is 11.6 Å². The van der Waals surface area contributed by atoms with E-state index >= 15 is 0 Å². The number of benzene rings is 3. The molecule has 2 nitrogen and oxygen atoms in total. The minimum Gasteiger partial charge on any atom is -0.489 e. The highest BCUT2D eigenvalue weighted by Crippen LogP contribution is 2.17. The van der Waals surface area contributed by atoms with Crippen molar-refractivity contribution in [3.8, 4) is 5.75 Å². The summed E-state index contributed by atoms with van der Waals surface area (Å²) >= 11 is 6.00. The van der Waals surface area contributed by atoms with Crippen molar-refractivity contribution in [1.82, 2.24) is 5.32 Å². The molecule has 0 amide bonds. The second-order valence-corrected chi connectivity index (χ2v) is 6.09. The van der Waals surface area contributed by atoms with Gasteiger partial charge in [-0.1, -0.05) is 66.2 Å². The molecule has 0 saturated heterocycles. The van der Waals surface area contributed by atoms with E-state index in [4.69, 9.17) is 16.3 Å². The summed E-state index contributed by atoms with van der Waals surface area (Å²) in [5.41, 5.74) is 3.55. The van der Waals surface area contributed by atoms with Gasteiger partial charge in [0.25, 0.3) is 0 Å². The first kappa shape index (κ1) is 16.6. The Kier molecular flexibility index (Phi) is 5.89. The Bertz CT molecular complexity index is 774. The lowest BCUT2D eigenvalue weighted by molar-refractivity contribution is 0.306. The van der Waals surface area contributed by atoms with Crippen LogP contribution in [-0.2, 0) is 19.7 Å². The fourth-order valence-corrected chi connectivity index (χ4v) is 2.70. The molecule has 3 aromatic rings. The summed E-state index contributed by atoms with van der Waals surface area (Å²) in [4.78, 5) is 0. The van der Waals surface area contributed by atoms with Gasteiger partial charge in [0.1, 0.15) is 12.4 Å². The summed E-state index contributed by atoms with van der Waals surface area (Å²) in [6.45, 7) is 2.18. The number of rotatable bonds is 7. The molecule has 0 atom stereocenters. The van der Waals surface area contributed by atoms with Crippen molar-refractivity contribution in [3.63, 3.8) is 0 Å². The maximum Gasteiger partial charge on any atom is 0.120 e. The number of halogens is 1. The Morgan fingerprint density at radius 2 is 1.42 bits per heavy atom. The Hall–Kier alpha value is -2.29. The van der Waals surface area contributed by atoms with Gasteiger partial charge in [-0.3, -0.25) is 0 Å². The van der Waals surface area contributed by atoms with Gasteiger partial charge in [0.05, 0.1) is 0 Å². The molecule has 0 aliphatic carbocycles. The highest BCUT2D eigenvalue weighted by atomic mass is 35.5. The van der Waals surface area contributed by atoms with Crippen LogP contribution in [0.5, 0.6) is 5.75 Å². The van der Waals surface area contributed by atoms with Crippen LogP contribution < -0.4 is 10.1 Å². The van der Waals surface area contributed by atoms with Crippen molar-refractivity contribution in [2.75, 3.05) is 0 Å². The van der Waals surface area contributed by atoms with Gasteiger partial charge in [-0.25, -0.2) is 0 Å². The van der Waals surface area contributed by atoms with Gasteiger partial charge in [-0.05, 0) is 41.0 Å². The SMILES string of the molecule is Clc1cccc(COc2cccc(CNCc3ccccc3)c2)c1. The van der Waals surface area contributed by atoms with Crippen molar-refractivity contribution in [2.45, 2.75) is 19.7 Å². The third kappa shape index (κ3) is 5.12. The van der Waals surface area contributed by atoms with E-state index in [1.165, 1.54) is 11.1 Å². The Morgan fingerprint density at radius 3 is 2.25 bits per heavy atom. The molecule has 0 aromatic heterocycles. The van der Waals surface area contributed by atoms with E-state index < -0.39 is 0 Å². The van der Waals surface area contributed by atoms with Crippen LogP contribution in [0.15, 0.2) is 78.9 Å². The predicted molar refractivity (Wildman–Crippen MR) is 99.2 cm³/mol. The van der Waals surface area contributed by atoms with Crippen LogP contribution in [0.1, 0.15) is 16.7 Å². The molecule has 0 fully saturated rings. The molecule has 0 radical (unpaired) electrons. The van der Waals surface area contributed by atoms with E-state index in [2.05, 4.69) is 41.7 Å². The van der Waals surface area contributed by atoms with Gasteiger partial charge in [-0.2, -0.15) is 0 Å². The zero-order valence-electron chi connectivity index (χ0n) is 13.4. The molecule has 0 saturated carbocycles. The zero-order valence-corrected chi connectivity index (χ0v) is 14.2. The highest BCUT2D eigenvalue weighted by molar-refractivity contribution is 6.30. The molecule has 3 aromatic carbocycles. The zero-order chi connectivity index (χ0) is 16.6. The average Bonchev–Trinajstić information content (AvgIpc) is 2.61. The van der Waals surface area contributed by atoms with E-state index in [9.17, 15) is 0 Å². The molecule has 122 valence electrons. The molecule has 3 heteroatoms. The van der Waals surface area contributed by atoms with Crippen LogP contribution in [0.3, 0.4) is 0 Å². The van der Waals surface area contributed by atoms with Crippen molar-refractivity contribution in [3.05, 3.63) is 101 Å². The monoisotopic (exact) mass is 337 g/mol. The quantitative estimate of drug-likeness (QED) is 0.639. The van der Waals surface area contributed by atoms with E-state index in [1.54, 1.807) is 0 Å². The first-order valence-electron chi connectivity index (χ1n) is 8.00. The van der Waals surface area contributed by atoms with E-state index in [0.29, 0.717) is 6.61 Å². The maximum absolute atomic E-state index is 6.00. The first-order valence-corrected chi connectivity index (χ1v) is 8.38. The smallest absolute Gasteiger partial charge is 0.120 e. The summed E-state index contributed by atoms with van der Waals surface area (Å²) in [5, 5.41) is 4.18. The predicted octanol–water partition coefficient (Wildman–Crippen LogP) is 5.21. The third-order valence-electron chi connectivity index (χ3n) is 3.69. The minimum absolute atomic E-state index is 0.515. The standard InChI is InChI=1S/C21H20ClNO/c22-20-10-4-9-19(12-20)16-24-21-11-5-8-18(13-21)15-23-14-17-6-2-1-3-7-17/h1-13,23H,14-16H2. The summed E-state index contributed by atoms with van der Waals surface area (Å²) in [5.74, 6) is 0.869. The molecule has 0 aliphatic heterocycles. The van der Waals surface area contributed by atoms with Crippen molar-refractivity contribution < 1.29 is 4.74 Å². The third-order valence-corrected chi connectivity index (χ3v) is 3.93. The largest absolute Gasteiger partial charge is 0.489 e. The molecule has 1 N–H and O–H groups in total. The van der Waals surface area contributed by atoms with Crippen LogP contribution in [-0.4, -0.2) is 0 Å². The molecule has 0 spiro atoms. The van der Waals surface area contributed by atoms with Crippen LogP contribution in [0.25, 0.3) is 0 Å². The molecule has 0 heterocycles. The molecule has 24 heavy (non-hydrogen) atoms. The normalized spacial score (nSPS) is 10.5. The fraction of sp³-hybridized carbons (Fsp3) is 0.143. The molecule has 3 rings (SSSR count). The molecular formula is C21H20ClNO. The Balaban J connectivity index is 1.52. The first-order chi connectivity index (χ1) is 11.8.